The molecule has 0 bridgehead atoms. The van der Waals surface area contributed by atoms with E-state index in [-0.39, 0.29) is 30.7 Å². The van der Waals surface area contributed by atoms with Gasteiger partial charge in [-0.2, -0.15) is 11.3 Å². The number of benzene rings is 1. The van der Waals surface area contributed by atoms with E-state index in [1.807, 2.05) is 23.8 Å². The summed E-state index contributed by atoms with van der Waals surface area (Å²) in [6.45, 7) is 8.74. The third kappa shape index (κ3) is 5.82. The minimum absolute atomic E-state index is 0. The number of amides is 1. The van der Waals surface area contributed by atoms with Gasteiger partial charge < -0.3 is 11.1 Å². The Morgan fingerprint density at radius 3 is 2.33 bits per heavy atom. The predicted octanol–water partition coefficient (Wildman–Crippen LogP) is 6.18. The molecule has 3 aromatic rings. The van der Waals surface area contributed by atoms with Crippen molar-refractivity contribution in [2.45, 2.75) is 40.7 Å². The van der Waals surface area contributed by atoms with Crippen LogP contribution in [0, 0.1) is 19.8 Å². The zero-order valence-electron chi connectivity index (χ0n) is 17.7. The van der Waals surface area contributed by atoms with E-state index < -0.39 is 0 Å². The smallest absolute Gasteiger partial charge is 0.256 e. The van der Waals surface area contributed by atoms with E-state index in [9.17, 15) is 4.79 Å². The number of nitrogens with two attached hydrogens (primary N) is 1. The predicted molar refractivity (Wildman–Crippen MR) is 132 cm³/mol. The van der Waals surface area contributed by atoms with Crippen LogP contribution in [0.25, 0.3) is 11.1 Å². The average molecular weight is 466 g/mol. The van der Waals surface area contributed by atoms with Gasteiger partial charge in [0.15, 0.2) is 0 Å². The van der Waals surface area contributed by atoms with Crippen molar-refractivity contribution in [2.75, 3.05) is 5.32 Å². The highest BCUT2D eigenvalue weighted by atomic mass is 35.5. The zero-order chi connectivity index (χ0) is 20.3. The number of carbonyl (C=O) groups excluding carboxylic acids is 1. The van der Waals surface area contributed by atoms with E-state index in [4.69, 9.17) is 10.7 Å². The van der Waals surface area contributed by atoms with Gasteiger partial charge >= 0.3 is 0 Å². The van der Waals surface area contributed by atoms with Crippen LogP contribution in [-0.4, -0.2) is 10.9 Å². The first-order chi connectivity index (χ1) is 13.4. The lowest BCUT2D eigenvalue weighted by Gasteiger charge is -2.21. The number of rotatable bonds is 6. The quantitative estimate of drug-likeness (QED) is 0.456. The van der Waals surface area contributed by atoms with Crippen molar-refractivity contribution < 1.29 is 4.79 Å². The molecule has 0 aliphatic rings. The van der Waals surface area contributed by atoms with E-state index >= 15 is 0 Å². The van der Waals surface area contributed by atoms with Gasteiger partial charge in [0.05, 0.1) is 16.9 Å². The first-order valence-electron chi connectivity index (χ1n) is 9.53. The van der Waals surface area contributed by atoms with Crippen LogP contribution in [0.1, 0.15) is 46.7 Å². The molecule has 0 radical (unpaired) electrons. The van der Waals surface area contributed by atoms with Crippen LogP contribution < -0.4 is 11.1 Å². The van der Waals surface area contributed by atoms with Gasteiger partial charge in [0, 0.05) is 23.2 Å². The minimum Gasteiger partial charge on any atom is -0.326 e. The van der Waals surface area contributed by atoms with E-state index in [1.165, 1.54) is 16.9 Å². The monoisotopic (exact) mass is 465 g/mol. The molecule has 3 rings (SSSR count). The highest BCUT2D eigenvalue weighted by molar-refractivity contribution is 7.08. The van der Waals surface area contributed by atoms with Crippen LogP contribution >= 0.6 is 36.2 Å². The van der Waals surface area contributed by atoms with Gasteiger partial charge in [0.25, 0.3) is 5.91 Å². The summed E-state index contributed by atoms with van der Waals surface area (Å²) >= 11 is 1.51. The van der Waals surface area contributed by atoms with E-state index in [2.05, 4.69) is 50.4 Å². The number of thiophene rings is 1. The fourth-order valence-corrected chi connectivity index (χ4v) is 3.98. The van der Waals surface area contributed by atoms with Gasteiger partial charge in [-0.1, -0.05) is 43.7 Å². The molecule has 0 atom stereocenters. The number of aromatic nitrogens is 1. The molecule has 0 fully saturated rings. The number of halogens is 2. The van der Waals surface area contributed by atoms with Crippen LogP contribution in [0.4, 0.5) is 5.69 Å². The molecule has 4 nitrogen and oxygen atoms in total. The first kappa shape index (κ1) is 26.1. The highest BCUT2D eigenvalue weighted by Gasteiger charge is 2.21. The number of pyridine rings is 1. The summed E-state index contributed by atoms with van der Waals surface area (Å²) < 4.78 is 0. The summed E-state index contributed by atoms with van der Waals surface area (Å²) in [6.07, 6.45) is 0.852. The largest absolute Gasteiger partial charge is 0.326 e. The Labute approximate surface area is 195 Å². The number of aryl methyl sites for hydroxylation is 2. The van der Waals surface area contributed by atoms with Crippen molar-refractivity contribution in [2.24, 2.45) is 11.7 Å². The van der Waals surface area contributed by atoms with Gasteiger partial charge in [-0.25, -0.2) is 0 Å². The Balaban J connectivity index is 0.00000225. The molecular weight excluding hydrogens is 437 g/mol. The Morgan fingerprint density at radius 1 is 1.13 bits per heavy atom. The molecule has 0 spiro atoms. The molecule has 0 aliphatic carbocycles. The molecule has 7 heteroatoms. The topological polar surface area (TPSA) is 68.0 Å². The minimum atomic E-state index is -0.126. The van der Waals surface area contributed by atoms with Crippen LogP contribution in [0.3, 0.4) is 0 Å². The second-order valence-corrected chi connectivity index (χ2v) is 8.29. The third-order valence-corrected chi connectivity index (χ3v) is 5.42. The molecule has 30 heavy (non-hydrogen) atoms. The second kappa shape index (κ2) is 11.5. The summed E-state index contributed by atoms with van der Waals surface area (Å²) in [7, 11) is 0. The molecule has 1 amide bonds. The van der Waals surface area contributed by atoms with Gasteiger partial charge in [-0.05, 0) is 48.8 Å². The Morgan fingerprint density at radius 2 is 1.80 bits per heavy atom. The summed E-state index contributed by atoms with van der Waals surface area (Å²) in [6, 6.07) is 10.2. The van der Waals surface area contributed by atoms with Gasteiger partial charge in [-0.15, -0.1) is 24.8 Å². The Bertz CT molecular complexity index is 971. The van der Waals surface area contributed by atoms with Gasteiger partial charge in [0.1, 0.15) is 0 Å². The molecule has 0 aliphatic heterocycles. The van der Waals surface area contributed by atoms with Gasteiger partial charge in [0.2, 0.25) is 0 Å². The summed E-state index contributed by atoms with van der Waals surface area (Å²) in [5.41, 5.74) is 13.6. The van der Waals surface area contributed by atoms with E-state index in [1.54, 1.807) is 0 Å². The molecule has 162 valence electrons. The fourth-order valence-electron chi connectivity index (χ4n) is 3.35. The second-order valence-electron chi connectivity index (χ2n) is 7.51. The van der Waals surface area contributed by atoms with Crippen LogP contribution in [0.15, 0.2) is 41.1 Å². The maximum atomic E-state index is 12.8. The Hall–Kier alpha value is -1.92. The molecule has 2 aromatic heterocycles. The molecule has 3 N–H and O–H groups in total. The summed E-state index contributed by atoms with van der Waals surface area (Å²) in [5.74, 6) is 0.341. The van der Waals surface area contributed by atoms with Gasteiger partial charge in [-0.3, -0.25) is 9.78 Å². The van der Waals surface area contributed by atoms with Crippen molar-refractivity contribution >= 4 is 47.7 Å². The molecule has 2 heterocycles. The van der Waals surface area contributed by atoms with Crippen molar-refractivity contribution in [3.63, 3.8) is 0 Å². The highest BCUT2D eigenvalue weighted by Crippen LogP contribution is 2.36. The van der Waals surface area contributed by atoms with E-state index in [0.717, 1.165) is 40.2 Å². The van der Waals surface area contributed by atoms with Crippen molar-refractivity contribution in [1.29, 1.82) is 0 Å². The van der Waals surface area contributed by atoms with Crippen LogP contribution in [0.2, 0.25) is 0 Å². The molecule has 0 unspecified atom stereocenters. The van der Waals surface area contributed by atoms with Crippen LogP contribution in [-0.2, 0) is 13.0 Å². The SMILES string of the molecule is Cc1ccc(-c2c(CN)c(CC(C)C)nc(C)c2NC(=O)c2ccsc2)cc1.Cl.Cl. The lowest BCUT2D eigenvalue weighted by Crippen LogP contribution is -2.17. The average Bonchev–Trinajstić information content (AvgIpc) is 3.18. The zero-order valence-corrected chi connectivity index (χ0v) is 20.1. The number of hydrogen-bond donors (Lipinski definition) is 2. The lowest BCUT2D eigenvalue weighted by molar-refractivity contribution is 0.102. The number of hydrogen-bond acceptors (Lipinski definition) is 4. The number of nitrogens with zero attached hydrogens (tertiary/aromatic N) is 1. The van der Waals surface area contributed by atoms with E-state index in [0.29, 0.717) is 18.0 Å². The molecule has 0 saturated heterocycles. The van der Waals surface area contributed by atoms with Crippen molar-refractivity contribution in [3.05, 3.63) is 69.2 Å². The molecule has 0 saturated carbocycles. The first-order valence-corrected chi connectivity index (χ1v) is 10.5. The third-order valence-electron chi connectivity index (χ3n) is 4.73. The fraction of sp³-hybridized carbons (Fsp3) is 0.304. The number of carbonyl (C=O) groups is 1. The normalized spacial score (nSPS) is 10.3. The van der Waals surface area contributed by atoms with Crippen molar-refractivity contribution in [3.8, 4) is 11.1 Å². The summed E-state index contributed by atoms with van der Waals surface area (Å²) in [4.78, 5) is 17.6. The number of nitrogens with one attached hydrogen (secondary N) is 1. The molecular formula is C23H29Cl2N3OS. The Kier molecular flexibility index (Phi) is 9.98. The maximum absolute atomic E-state index is 12.8. The number of anilines is 1. The molecule has 1 aromatic carbocycles. The van der Waals surface area contributed by atoms with Crippen molar-refractivity contribution in [1.82, 2.24) is 4.98 Å². The van der Waals surface area contributed by atoms with Crippen LogP contribution in [0.5, 0.6) is 0 Å². The lowest BCUT2D eigenvalue weighted by atomic mass is 9.92. The summed E-state index contributed by atoms with van der Waals surface area (Å²) in [5, 5.41) is 6.85. The standard InChI is InChI=1S/C23H27N3OS.2ClH/c1-14(2)11-20-19(12-24)21(17-7-5-15(3)6-8-17)22(16(4)25-20)26-23(27)18-9-10-28-13-18;;/h5-10,13-14H,11-12,24H2,1-4H3,(H,26,27);2*1H. The maximum Gasteiger partial charge on any atom is 0.256 e.